The molecule has 0 unspecified atom stereocenters. The van der Waals surface area contributed by atoms with E-state index in [9.17, 15) is 4.79 Å². The van der Waals surface area contributed by atoms with Crippen molar-refractivity contribution in [3.05, 3.63) is 41.0 Å². The molecule has 3 N–H and O–H groups in total. The number of nitrogens with two attached hydrogens (primary N) is 1. The fourth-order valence-electron chi connectivity index (χ4n) is 1.67. The molecule has 0 radical (unpaired) electrons. The number of carbonyl (C=O) groups is 1. The van der Waals surface area contributed by atoms with Gasteiger partial charge in [-0.1, -0.05) is 23.7 Å². The maximum Gasteiger partial charge on any atom is 0.226 e. The molecule has 0 aliphatic heterocycles. The van der Waals surface area contributed by atoms with Gasteiger partial charge in [0.05, 0.1) is 17.6 Å². The molecular weight excluding hydrogens is 250 g/mol. The lowest BCUT2D eigenvalue weighted by molar-refractivity contribution is -0.120. The van der Waals surface area contributed by atoms with Crippen LogP contribution in [0.25, 0.3) is 10.9 Å². The first-order valence-corrected chi connectivity index (χ1v) is 6.09. The van der Waals surface area contributed by atoms with E-state index in [1.54, 1.807) is 6.07 Å². The van der Waals surface area contributed by atoms with Crippen LogP contribution in [0.5, 0.6) is 0 Å². The van der Waals surface area contributed by atoms with Crippen molar-refractivity contribution in [3.8, 4) is 0 Å². The zero-order chi connectivity index (χ0) is 13.0. The van der Waals surface area contributed by atoms with Gasteiger partial charge in [-0.3, -0.25) is 9.78 Å². The quantitative estimate of drug-likeness (QED) is 0.879. The Morgan fingerprint density at radius 3 is 2.89 bits per heavy atom. The van der Waals surface area contributed by atoms with Gasteiger partial charge in [0, 0.05) is 23.5 Å². The van der Waals surface area contributed by atoms with E-state index in [-0.39, 0.29) is 12.3 Å². The third-order valence-electron chi connectivity index (χ3n) is 2.52. The summed E-state index contributed by atoms with van der Waals surface area (Å²) in [5, 5.41) is 4.35. The van der Waals surface area contributed by atoms with Crippen LogP contribution in [0.1, 0.15) is 5.69 Å². The molecule has 2 rings (SSSR count). The molecule has 2 aromatic rings. The Kier molecular flexibility index (Phi) is 4.12. The lowest BCUT2D eigenvalue weighted by Crippen LogP contribution is -2.30. The summed E-state index contributed by atoms with van der Waals surface area (Å²) >= 11 is 5.91. The van der Waals surface area contributed by atoms with Gasteiger partial charge in [-0.15, -0.1) is 0 Å². The molecule has 0 aliphatic carbocycles. The van der Waals surface area contributed by atoms with Gasteiger partial charge in [0.15, 0.2) is 0 Å². The molecule has 0 fully saturated rings. The highest BCUT2D eigenvalue weighted by molar-refractivity contribution is 6.31. The number of aromatic nitrogens is 1. The fraction of sp³-hybridized carbons (Fsp3) is 0.231. The third kappa shape index (κ3) is 3.18. The lowest BCUT2D eigenvalue weighted by atomic mass is 10.2. The lowest BCUT2D eigenvalue weighted by Gasteiger charge is -2.04. The van der Waals surface area contributed by atoms with E-state index in [1.807, 2.05) is 24.3 Å². The number of carbonyl (C=O) groups excluding carboxylic acids is 1. The number of amides is 1. The van der Waals surface area contributed by atoms with E-state index in [4.69, 9.17) is 17.3 Å². The van der Waals surface area contributed by atoms with Crippen molar-refractivity contribution >= 4 is 28.4 Å². The summed E-state index contributed by atoms with van der Waals surface area (Å²) in [6, 6.07) is 9.29. The van der Waals surface area contributed by atoms with Crippen molar-refractivity contribution < 1.29 is 4.79 Å². The topological polar surface area (TPSA) is 68.0 Å². The molecule has 18 heavy (non-hydrogen) atoms. The fourth-order valence-corrected chi connectivity index (χ4v) is 1.84. The van der Waals surface area contributed by atoms with Crippen LogP contribution < -0.4 is 11.1 Å². The Balaban J connectivity index is 2.16. The summed E-state index contributed by atoms with van der Waals surface area (Å²) in [4.78, 5) is 15.9. The predicted molar refractivity (Wildman–Crippen MR) is 72.5 cm³/mol. The predicted octanol–water partition coefficient (Wildman–Crippen LogP) is 1.51. The van der Waals surface area contributed by atoms with Crippen LogP contribution in [0.2, 0.25) is 5.02 Å². The number of halogens is 1. The van der Waals surface area contributed by atoms with Crippen molar-refractivity contribution in [2.24, 2.45) is 5.73 Å². The molecule has 1 aromatic carbocycles. The molecular formula is C13H14ClN3O. The second-order valence-electron chi connectivity index (χ2n) is 3.96. The molecule has 5 heteroatoms. The molecule has 1 heterocycles. The largest absolute Gasteiger partial charge is 0.354 e. The summed E-state index contributed by atoms with van der Waals surface area (Å²) in [5.74, 6) is -0.0747. The summed E-state index contributed by atoms with van der Waals surface area (Å²) in [5.41, 5.74) is 6.84. The zero-order valence-electron chi connectivity index (χ0n) is 9.82. The minimum absolute atomic E-state index is 0.0747. The molecule has 0 saturated heterocycles. The van der Waals surface area contributed by atoms with Crippen LogP contribution >= 0.6 is 11.6 Å². The third-order valence-corrected chi connectivity index (χ3v) is 2.76. The van der Waals surface area contributed by atoms with Gasteiger partial charge in [-0.25, -0.2) is 0 Å². The van der Waals surface area contributed by atoms with Gasteiger partial charge in [0.25, 0.3) is 0 Å². The zero-order valence-corrected chi connectivity index (χ0v) is 10.6. The summed E-state index contributed by atoms with van der Waals surface area (Å²) in [6.45, 7) is 0.921. The maximum atomic E-state index is 11.5. The SMILES string of the molecule is NCCNC(=O)Cc1ccc2ccc(Cl)cc2n1. The van der Waals surface area contributed by atoms with Crippen LogP contribution in [-0.2, 0) is 11.2 Å². The van der Waals surface area contributed by atoms with Crippen LogP contribution in [0.4, 0.5) is 0 Å². The number of hydrogen-bond donors (Lipinski definition) is 2. The Morgan fingerprint density at radius 2 is 2.11 bits per heavy atom. The van der Waals surface area contributed by atoms with E-state index in [0.29, 0.717) is 18.1 Å². The van der Waals surface area contributed by atoms with Crippen molar-refractivity contribution in [3.63, 3.8) is 0 Å². The second kappa shape index (κ2) is 5.80. The van der Waals surface area contributed by atoms with Crippen molar-refractivity contribution in [2.45, 2.75) is 6.42 Å². The minimum atomic E-state index is -0.0747. The van der Waals surface area contributed by atoms with E-state index >= 15 is 0 Å². The number of rotatable bonds is 4. The molecule has 0 atom stereocenters. The molecule has 0 bridgehead atoms. The molecule has 0 aliphatic rings. The van der Waals surface area contributed by atoms with Gasteiger partial charge in [0.1, 0.15) is 0 Å². The van der Waals surface area contributed by atoms with Gasteiger partial charge in [0.2, 0.25) is 5.91 Å². The summed E-state index contributed by atoms with van der Waals surface area (Å²) < 4.78 is 0. The molecule has 0 spiro atoms. The second-order valence-corrected chi connectivity index (χ2v) is 4.39. The van der Waals surface area contributed by atoms with Gasteiger partial charge in [-0.05, 0) is 18.2 Å². The van der Waals surface area contributed by atoms with Crippen LogP contribution in [-0.4, -0.2) is 24.0 Å². The molecule has 94 valence electrons. The Labute approximate surface area is 110 Å². The smallest absolute Gasteiger partial charge is 0.226 e. The first-order chi connectivity index (χ1) is 8.69. The van der Waals surface area contributed by atoms with Crippen molar-refractivity contribution in [2.75, 3.05) is 13.1 Å². The van der Waals surface area contributed by atoms with E-state index in [2.05, 4.69) is 10.3 Å². The molecule has 1 amide bonds. The van der Waals surface area contributed by atoms with Gasteiger partial charge >= 0.3 is 0 Å². The standard InChI is InChI=1S/C13H14ClN3O/c14-10-3-1-9-2-4-11(17-12(9)7-10)8-13(18)16-6-5-15/h1-4,7H,5-6,8,15H2,(H,16,18). The van der Waals surface area contributed by atoms with Crippen LogP contribution in [0, 0.1) is 0 Å². The highest BCUT2D eigenvalue weighted by Gasteiger charge is 2.05. The van der Waals surface area contributed by atoms with Crippen molar-refractivity contribution in [1.82, 2.24) is 10.3 Å². The van der Waals surface area contributed by atoms with Crippen molar-refractivity contribution in [1.29, 1.82) is 0 Å². The Hall–Kier alpha value is -1.65. The van der Waals surface area contributed by atoms with Crippen LogP contribution in [0.3, 0.4) is 0 Å². The Bertz CT molecular complexity index is 571. The monoisotopic (exact) mass is 263 g/mol. The molecule has 1 aromatic heterocycles. The highest BCUT2D eigenvalue weighted by atomic mass is 35.5. The maximum absolute atomic E-state index is 11.5. The number of benzene rings is 1. The molecule has 0 saturated carbocycles. The van der Waals surface area contributed by atoms with Gasteiger partial charge < -0.3 is 11.1 Å². The Morgan fingerprint density at radius 1 is 1.33 bits per heavy atom. The van der Waals surface area contributed by atoms with Crippen LogP contribution in [0.15, 0.2) is 30.3 Å². The number of hydrogen-bond acceptors (Lipinski definition) is 3. The number of fused-ring (bicyclic) bond motifs is 1. The average Bonchev–Trinajstić information content (AvgIpc) is 2.36. The first kappa shape index (κ1) is 12.8. The van der Waals surface area contributed by atoms with E-state index in [0.717, 1.165) is 16.6 Å². The average molecular weight is 264 g/mol. The number of pyridine rings is 1. The highest BCUT2D eigenvalue weighted by Crippen LogP contribution is 2.18. The van der Waals surface area contributed by atoms with Gasteiger partial charge in [-0.2, -0.15) is 0 Å². The van der Waals surface area contributed by atoms with E-state index in [1.165, 1.54) is 0 Å². The summed E-state index contributed by atoms with van der Waals surface area (Å²) in [6.07, 6.45) is 0.252. The number of nitrogens with zero attached hydrogens (tertiary/aromatic N) is 1. The molecule has 4 nitrogen and oxygen atoms in total. The normalized spacial score (nSPS) is 10.6. The number of nitrogens with one attached hydrogen (secondary N) is 1. The first-order valence-electron chi connectivity index (χ1n) is 5.71. The van der Waals surface area contributed by atoms with E-state index < -0.39 is 0 Å². The minimum Gasteiger partial charge on any atom is -0.354 e. The summed E-state index contributed by atoms with van der Waals surface area (Å²) in [7, 11) is 0.